The van der Waals surface area contributed by atoms with Crippen LogP contribution < -0.4 is 0 Å². The van der Waals surface area contributed by atoms with Crippen molar-refractivity contribution < 1.29 is 27.5 Å². The van der Waals surface area contributed by atoms with Crippen LogP contribution in [0.4, 0.5) is 0 Å². The van der Waals surface area contributed by atoms with Gasteiger partial charge in [-0.1, -0.05) is 0 Å². The second-order valence-corrected chi connectivity index (χ2v) is 9.65. The summed E-state index contributed by atoms with van der Waals surface area (Å²) in [6.07, 6.45) is 0.935. The largest absolute Gasteiger partial charge is 0.462 e. The normalized spacial score (nSPS) is 19.1. The van der Waals surface area contributed by atoms with Crippen LogP contribution in [0.25, 0.3) is 0 Å². The van der Waals surface area contributed by atoms with Crippen LogP contribution in [0.1, 0.15) is 41.5 Å². The molecule has 1 aromatic rings. The number of sulfonamides is 1. The second kappa shape index (κ2) is 9.07. The first kappa shape index (κ1) is 22.8. The molecule has 0 N–H and O–H groups in total. The van der Waals surface area contributed by atoms with Crippen molar-refractivity contribution in [3.8, 4) is 0 Å². The maximum Gasteiger partial charge on any atom is 0.341 e. The highest BCUT2D eigenvalue weighted by Crippen LogP contribution is 2.32. The van der Waals surface area contributed by atoms with Gasteiger partial charge in [-0.25, -0.2) is 13.2 Å². The van der Waals surface area contributed by atoms with Crippen molar-refractivity contribution in [3.63, 3.8) is 0 Å². The summed E-state index contributed by atoms with van der Waals surface area (Å²) in [7, 11) is -2.16. The Morgan fingerprint density at radius 1 is 1.07 bits per heavy atom. The van der Waals surface area contributed by atoms with E-state index in [9.17, 15) is 18.0 Å². The highest BCUT2D eigenvalue weighted by molar-refractivity contribution is 7.89. The van der Waals surface area contributed by atoms with E-state index in [-0.39, 0.29) is 42.0 Å². The molecule has 2 aliphatic heterocycles. The first-order valence-electron chi connectivity index (χ1n) is 10.4. The average molecular weight is 442 g/mol. The van der Waals surface area contributed by atoms with Gasteiger partial charge in [-0.3, -0.25) is 4.79 Å². The average Bonchev–Trinajstić information content (AvgIpc) is 2.98. The molecule has 3 heterocycles. The third-order valence-corrected chi connectivity index (χ3v) is 8.19. The number of hydrogen-bond donors (Lipinski definition) is 0. The van der Waals surface area contributed by atoms with Crippen molar-refractivity contribution in [2.24, 2.45) is 13.0 Å². The number of carbonyl (C=O) groups is 2. The summed E-state index contributed by atoms with van der Waals surface area (Å²) in [6, 6.07) is 0. The van der Waals surface area contributed by atoms with Crippen molar-refractivity contribution in [2.45, 2.75) is 38.5 Å². The van der Waals surface area contributed by atoms with Gasteiger partial charge in [-0.05, 0) is 33.6 Å². The number of carbonyl (C=O) groups excluding carboxylic acids is 2. The molecule has 0 saturated carbocycles. The third-order valence-electron chi connectivity index (χ3n) is 6.13. The van der Waals surface area contributed by atoms with Gasteiger partial charge in [0.25, 0.3) is 0 Å². The Bertz CT molecular complexity index is 909. The molecule has 2 aliphatic rings. The summed E-state index contributed by atoms with van der Waals surface area (Å²) in [4.78, 5) is 27.1. The molecule has 30 heavy (non-hydrogen) atoms. The monoisotopic (exact) mass is 441 g/mol. The fourth-order valence-corrected chi connectivity index (χ4v) is 6.14. The van der Waals surface area contributed by atoms with Gasteiger partial charge in [-0.2, -0.15) is 4.31 Å². The Morgan fingerprint density at radius 2 is 1.67 bits per heavy atom. The summed E-state index contributed by atoms with van der Waals surface area (Å²) in [5, 5.41) is 0. The van der Waals surface area contributed by atoms with E-state index >= 15 is 0 Å². The first-order chi connectivity index (χ1) is 14.2. The number of morpholine rings is 1. The number of nitrogens with zero attached hydrogens (tertiary/aromatic N) is 3. The van der Waals surface area contributed by atoms with Gasteiger partial charge in [0.05, 0.1) is 19.8 Å². The molecule has 10 heteroatoms. The topological polar surface area (TPSA) is 98.2 Å². The highest BCUT2D eigenvalue weighted by atomic mass is 32.2. The zero-order chi connectivity index (χ0) is 22.1. The van der Waals surface area contributed by atoms with Gasteiger partial charge in [0.1, 0.15) is 10.5 Å². The Kier molecular flexibility index (Phi) is 6.88. The van der Waals surface area contributed by atoms with Gasteiger partial charge in [-0.15, -0.1) is 0 Å². The quantitative estimate of drug-likeness (QED) is 0.634. The van der Waals surface area contributed by atoms with E-state index < -0.39 is 16.0 Å². The van der Waals surface area contributed by atoms with Crippen LogP contribution in [-0.4, -0.2) is 80.1 Å². The summed E-state index contributed by atoms with van der Waals surface area (Å²) >= 11 is 0. The number of aromatic nitrogens is 1. The molecule has 0 aliphatic carbocycles. The Morgan fingerprint density at radius 3 is 2.23 bits per heavy atom. The zero-order valence-electron chi connectivity index (χ0n) is 18.1. The smallest absolute Gasteiger partial charge is 0.341 e. The predicted molar refractivity (Wildman–Crippen MR) is 110 cm³/mol. The molecule has 2 saturated heterocycles. The summed E-state index contributed by atoms with van der Waals surface area (Å²) < 4.78 is 40.5. The van der Waals surface area contributed by atoms with Gasteiger partial charge in [0, 0.05) is 50.5 Å². The Labute approximate surface area is 178 Å². The van der Waals surface area contributed by atoms with E-state index in [4.69, 9.17) is 9.47 Å². The summed E-state index contributed by atoms with van der Waals surface area (Å²) in [5.74, 6) is -0.735. The molecular formula is C20H31N3O6S. The van der Waals surface area contributed by atoms with Gasteiger partial charge in [0.15, 0.2) is 0 Å². The fraction of sp³-hybridized carbons (Fsp3) is 0.700. The third kappa shape index (κ3) is 4.13. The standard InChI is InChI=1S/C20H31N3O6S/c1-5-29-20(25)17-14(2)21(4)15(3)18(17)30(26,27)23-8-6-16(7-9-23)19(24)22-10-12-28-13-11-22/h16H,5-13H2,1-4H3. The first-order valence-corrected chi connectivity index (χ1v) is 11.8. The molecular weight excluding hydrogens is 410 g/mol. The van der Waals surface area contributed by atoms with Crippen LogP contribution in [0.5, 0.6) is 0 Å². The number of hydrogen-bond acceptors (Lipinski definition) is 6. The molecule has 1 aromatic heterocycles. The van der Waals surface area contributed by atoms with Crippen molar-refractivity contribution in [1.29, 1.82) is 0 Å². The molecule has 0 spiro atoms. The van der Waals surface area contributed by atoms with Crippen LogP contribution in [0.15, 0.2) is 4.90 Å². The maximum atomic E-state index is 13.5. The minimum Gasteiger partial charge on any atom is -0.462 e. The van der Waals surface area contributed by atoms with Gasteiger partial charge < -0.3 is 18.9 Å². The van der Waals surface area contributed by atoms with Crippen molar-refractivity contribution >= 4 is 21.9 Å². The maximum absolute atomic E-state index is 13.5. The molecule has 168 valence electrons. The number of rotatable bonds is 5. The second-order valence-electron chi connectivity index (χ2n) is 7.77. The Hall–Kier alpha value is -1.91. The molecule has 3 rings (SSSR count). The fourth-order valence-electron chi connectivity index (χ4n) is 4.19. The van der Waals surface area contributed by atoms with Crippen LogP contribution >= 0.6 is 0 Å². The van der Waals surface area contributed by atoms with Crippen molar-refractivity contribution in [2.75, 3.05) is 46.0 Å². The summed E-state index contributed by atoms with van der Waals surface area (Å²) in [5.41, 5.74) is 1.16. The minimum absolute atomic E-state index is 0.0129. The van der Waals surface area contributed by atoms with E-state index in [1.54, 1.807) is 32.4 Å². The molecule has 1 amide bonds. The predicted octanol–water partition coefficient (Wildman–Crippen LogP) is 1.08. The molecule has 0 atom stereocenters. The lowest BCUT2D eigenvalue weighted by atomic mass is 9.96. The zero-order valence-corrected chi connectivity index (χ0v) is 19.0. The SMILES string of the molecule is CCOC(=O)c1c(S(=O)(=O)N2CCC(C(=O)N3CCOCC3)CC2)c(C)n(C)c1C. The number of amides is 1. The number of esters is 1. The number of piperidine rings is 1. The lowest BCUT2D eigenvalue weighted by molar-refractivity contribution is -0.140. The van der Waals surface area contributed by atoms with E-state index in [0.717, 1.165) is 0 Å². The molecule has 0 unspecified atom stereocenters. The van der Waals surface area contributed by atoms with E-state index in [1.165, 1.54) is 4.31 Å². The molecule has 2 fully saturated rings. The number of ether oxygens (including phenoxy) is 2. The lowest BCUT2D eigenvalue weighted by Crippen LogP contribution is -2.47. The van der Waals surface area contributed by atoms with Crippen LogP contribution in [0.3, 0.4) is 0 Å². The molecule has 0 radical (unpaired) electrons. The molecule has 9 nitrogen and oxygen atoms in total. The molecule has 0 bridgehead atoms. The van der Waals surface area contributed by atoms with Crippen LogP contribution in [-0.2, 0) is 31.3 Å². The minimum atomic E-state index is -3.90. The lowest BCUT2D eigenvalue weighted by Gasteiger charge is -2.35. The van der Waals surface area contributed by atoms with Crippen molar-refractivity contribution in [3.05, 3.63) is 17.0 Å². The summed E-state index contributed by atoms with van der Waals surface area (Å²) in [6.45, 7) is 8.02. The van der Waals surface area contributed by atoms with E-state index in [2.05, 4.69) is 0 Å². The Balaban J connectivity index is 1.80. The van der Waals surface area contributed by atoms with Gasteiger partial charge >= 0.3 is 5.97 Å². The van der Waals surface area contributed by atoms with Crippen LogP contribution in [0.2, 0.25) is 0 Å². The van der Waals surface area contributed by atoms with Gasteiger partial charge in [0.2, 0.25) is 15.9 Å². The molecule has 0 aromatic carbocycles. The van der Waals surface area contributed by atoms with E-state index in [1.807, 2.05) is 4.90 Å². The highest BCUT2D eigenvalue weighted by Gasteiger charge is 2.39. The van der Waals surface area contributed by atoms with Crippen molar-refractivity contribution in [1.82, 2.24) is 13.8 Å². The van der Waals surface area contributed by atoms with Crippen LogP contribution in [0, 0.1) is 19.8 Å². The van der Waals surface area contributed by atoms with E-state index in [0.29, 0.717) is 50.5 Å².